The zero-order valence-corrected chi connectivity index (χ0v) is 15.0. The van der Waals surface area contributed by atoms with Crippen molar-refractivity contribution >= 4 is 23.0 Å². The first-order valence-corrected chi connectivity index (χ1v) is 8.29. The highest BCUT2D eigenvalue weighted by molar-refractivity contribution is 5.85. The average molecular weight is 347 g/mol. The van der Waals surface area contributed by atoms with Crippen LogP contribution in [0, 0.1) is 0 Å². The number of carbonyl (C=O) groups is 2. The van der Waals surface area contributed by atoms with E-state index in [4.69, 9.17) is 4.74 Å². The fourth-order valence-electron chi connectivity index (χ4n) is 2.52. The second kappa shape index (κ2) is 7.96. The van der Waals surface area contributed by atoms with Gasteiger partial charge in [-0.25, -0.2) is 4.79 Å². The highest BCUT2D eigenvalue weighted by atomic mass is 16.6. The summed E-state index contributed by atoms with van der Waals surface area (Å²) in [5.41, 5.74) is 2.09. The van der Waals surface area contributed by atoms with Crippen LogP contribution in [0.5, 0.6) is 0 Å². The minimum Gasteiger partial charge on any atom is -0.444 e. The molecule has 1 atom stereocenters. The first-order valence-electron chi connectivity index (χ1n) is 8.29. The quantitative estimate of drug-likeness (QED) is 0.740. The van der Waals surface area contributed by atoms with Crippen LogP contribution >= 0.6 is 0 Å². The van der Waals surface area contributed by atoms with Gasteiger partial charge >= 0.3 is 6.09 Å². The SMILES string of the molecule is CNC(=O)C(CCCc1cccc2n[nH]nc12)NC(=O)OC(C)(C)C. The number of ether oxygens (including phenoxy) is 1. The minimum absolute atomic E-state index is 0.245. The Bertz CT molecular complexity index is 735. The van der Waals surface area contributed by atoms with Crippen LogP contribution < -0.4 is 10.6 Å². The van der Waals surface area contributed by atoms with Gasteiger partial charge in [-0.3, -0.25) is 4.79 Å². The van der Waals surface area contributed by atoms with Crippen molar-refractivity contribution in [3.05, 3.63) is 23.8 Å². The van der Waals surface area contributed by atoms with E-state index in [9.17, 15) is 9.59 Å². The van der Waals surface area contributed by atoms with E-state index in [1.165, 1.54) is 0 Å². The van der Waals surface area contributed by atoms with Crippen molar-refractivity contribution in [3.8, 4) is 0 Å². The summed E-state index contributed by atoms with van der Waals surface area (Å²) in [6.07, 6.45) is 1.33. The molecule has 0 aliphatic heterocycles. The summed E-state index contributed by atoms with van der Waals surface area (Å²) in [4.78, 5) is 23.9. The molecule has 2 amide bonds. The average Bonchev–Trinajstić information content (AvgIpc) is 3.00. The Hall–Kier alpha value is -2.64. The summed E-state index contributed by atoms with van der Waals surface area (Å²) in [6, 6.07) is 5.16. The van der Waals surface area contributed by atoms with Gasteiger partial charge in [0.1, 0.15) is 22.7 Å². The van der Waals surface area contributed by atoms with Crippen molar-refractivity contribution in [2.24, 2.45) is 0 Å². The van der Waals surface area contributed by atoms with E-state index in [-0.39, 0.29) is 5.91 Å². The number of rotatable bonds is 6. The fourth-order valence-corrected chi connectivity index (χ4v) is 2.52. The van der Waals surface area contributed by atoms with Crippen molar-refractivity contribution in [2.75, 3.05) is 7.05 Å². The van der Waals surface area contributed by atoms with Gasteiger partial charge in [0.15, 0.2) is 0 Å². The number of benzene rings is 1. The topological polar surface area (TPSA) is 109 Å². The number of nitrogens with one attached hydrogen (secondary N) is 3. The van der Waals surface area contributed by atoms with Gasteiger partial charge < -0.3 is 15.4 Å². The molecule has 8 nitrogen and oxygen atoms in total. The smallest absolute Gasteiger partial charge is 0.408 e. The molecule has 0 bridgehead atoms. The largest absolute Gasteiger partial charge is 0.444 e. The summed E-state index contributed by atoms with van der Waals surface area (Å²) >= 11 is 0. The van der Waals surface area contributed by atoms with Crippen molar-refractivity contribution in [1.82, 2.24) is 26.0 Å². The van der Waals surface area contributed by atoms with Gasteiger partial charge in [0.2, 0.25) is 5.91 Å². The van der Waals surface area contributed by atoms with E-state index < -0.39 is 17.7 Å². The Kier molecular flexibility index (Phi) is 5.95. The van der Waals surface area contributed by atoms with Gasteiger partial charge in [0.25, 0.3) is 0 Å². The van der Waals surface area contributed by atoms with E-state index in [2.05, 4.69) is 26.0 Å². The number of fused-ring (bicyclic) bond motifs is 1. The van der Waals surface area contributed by atoms with Crippen LogP contribution in [0.2, 0.25) is 0 Å². The van der Waals surface area contributed by atoms with Crippen molar-refractivity contribution < 1.29 is 14.3 Å². The maximum absolute atomic E-state index is 12.0. The molecule has 0 saturated carbocycles. The van der Waals surface area contributed by atoms with Gasteiger partial charge in [0, 0.05) is 7.05 Å². The van der Waals surface area contributed by atoms with E-state index in [0.717, 1.165) is 23.0 Å². The Balaban J connectivity index is 1.95. The van der Waals surface area contributed by atoms with Crippen LogP contribution in [-0.2, 0) is 16.0 Å². The molecule has 3 N–H and O–H groups in total. The van der Waals surface area contributed by atoms with Crippen LogP contribution in [0.25, 0.3) is 11.0 Å². The second-order valence-corrected chi connectivity index (χ2v) is 6.81. The van der Waals surface area contributed by atoms with Gasteiger partial charge in [0.05, 0.1) is 0 Å². The third-order valence-corrected chi connectivity index (χ3v) is 3.62. The van der Waals surface area contributed by atoms with Gasteiger partial charge in [-0.1, -0.05) is 12.1 Å². The van der Waals surface area contributed by atoms with E-state index in [0.29, 0.717) is 12.8 Å². The number of H-pyrrole nitrogens is 1. The lowest BCUT2D eigenvalue weighted by Crippen LogP contribution is -2.47. The summed E-state index contributed by atoms with van der Waals surface area (Å²) in [6.45, 7) is 5.33. The third-order valence-electron chi connectivity index (χ3n) is 3.62. The molecule has 2 rings (SSSR count). The molecule has 0 aliphatic rings. The summed E-state index contributed by atoms with van der Waals surface area (Å²) in [5, 5.41) is 16.0. The third kappa shape index (κ3) is 5.44. The first-order chi connectivity index (χ1) is 11.8. The molecule has 2 aromatic rings. The van der Waals surface area contributed by atoms with Crippen LogP contribution in [0.3, 0.4) is 0 Å². The predicted molar refractivity (Wildman–Crippen MR) is 94.1 cm³/mol. The van der Waals surface area contributed by atoms with Gasteiger partial charge in [-0.15, -0.1) is 0 Å². The van der Waals surface area contributed by atoms with Crippen molar-refractivity contribution in [1.29, 1.82) is 0 Å². The van der Waals surface area contributed by atoms with Crippen LogP contribution in [-0.4, -0.2) is 46.1 Å². The lowest BCUT2D eigenvalue weighted by molar-refractivity contribution is -0.122. The second-order valence-electron chi connectivity index (χ2n) is 6.81. The molecule has 8 heteroatoms. The zero-order valence-electron chi connectivity index (χ0n) is 15.0. The van der Waals surface area contributed by atoms with Crippen LogP contribution in [0.4, 0.5) is 4.79 Å². The molecule has 1 heterocycles. The Morgan fingerprint density at radius 3 is 2.72 bits per heavy atom. The maximum atomic E-state index is 12.0. The number of hydrogen-bond donors (Lipinski definition) is 3. The van der Waals surface area contributed by atoms with Gasteiger partial charge in [-0.2, -0.15) is 15.4 Å². The van der Waals surface area contributed by atoms with Crippen molar-refractivity contribution in [3.63, 3.8) is 0 Å². The number of carbonyl (C=O) groups excluding carboxylic acids is 2. The van der Waals surface area contributed by atoms with Gasteiger partial charge in [-0.05, 0) is 51.7 Å². The molecule has 0 spiro atoms. The van der Waals surface area contributed by atoms with Crippen LogP contribution in [0.1, 0.15) is 39.2 Å². The van der Waals surface area contributed by atoms with Crippen LogP contribution in [0.15, 0.2) is 18.2 Å². The molecule has 25 heavy (non-hydrogen) atoms. The number of nitrogens with zero attached hydrogens (tertiary/aromatic N) is 2. The Morgan fingerprint density at radius 2 is 2.04 bits per heavy atom. The molecule has 0 fully saturated rings. The summed E-state index contributed by atoms with van der Waals surface area (Å²) in [5.74, 6) is -0.245. The lowest BCUT2D eigenvalue weighted by Gasteiger charge is -2.23. The normalized spacial score (nSPS) is 12.6. The molecule has 1 unspecified atom stereocenters. The van der Waals surface area contributed by atoms with E-state index >= 15 is 0 Å². The fraction of sp³-hybridized carbons (Fsp3) is 0.529. The Morgan fingerprint density at radius 1 is 1.28 bits per heavy atom. The number of hydrogen-bond acceptors (Lipinski definition) is 5. The highest BCUT2D eigenvalue weighted by Gasteiger charge is 2.23. The number of aryl methyl sites for hydroxylation is 1. The predicted octanol–water partition coefficient (Wildman–Crippen LogP) is 1.92. The summed E-state index contributed by atoms with van der Waals surface area (Å²) in [7, 11) is 1.54. The number of likely N-dealkylation sites (N-methyl/N-ethyl adjacent to an activating group) is 1. The molecular weight excluding hydrogens is 322 g/mol. The number of aromatic amines is 1. The van der Waals surface area contributed by atoms with E-state index in [1.54, 1.807) is 27.8 Å². The molecule has 1 aromatic carbocycles. The molecule has 0 aliphatic carbocycles. The van der Waals surface area contributed by atoms with E-state index in [1.807, 2.05) is 18.2 Å². The first kappa shape index (κ1) is 18.7. The highest BCUT2D eigenvalue weighted by Crippen LogP contribution is 2.16. The summed E-state index contributed by atoms with van der Waals surface area (Å²) < 4.78 is 5.22. The molecule has 1 aromatic heterocycles. The molecule has 136 valence electrons. The minimum atomic E-state index is -0.642. The monoisotopic (exact) mass is 347 g/mol. The zero-order chi connectivity index (χ0) is 18.4. The molecule has 0 saturated heterocycles. The standard InChI is InChI=1S/C17H25N5O3/c1-17(2,3)25-16(24)19-13(15(23)18-4)10-6-8-11-7-5-9-12-14(11)21-22-20-12/h5,7,9,13H,6,8,10H2,1-4H3,(H,18,23)(H,19,24)(H,20,21,22). The van der Waals surface area contributed by atoms with Crippen molar-refractivity contribution in [2.45, 2.75) is 51.7 Å². The molecule has 0 radical (unpaired) electrons. The number of aromatic nitrogens is 3. The lowest BCUT2D eigenvalue weighted by atomic mass is 10.0. The molecular formula is C17H25N5O3. The maximum Gasteiger partial charge on any atom is 0.408 e. The Labute approximate surface area is 146 Å². The number of alkyl carbamates (subject to hydrolysis) is 1. The number of amides is 2. The number of para-hydroxylation sites is 1.